The molecule has 1 saturated carbocycles. The Morgan fingerprint density at radius 1 is 1.31 bits per heavy atom. The van der Waals surface area contributed by atoms with Crippen molar-refractivity contribution in [1.29, 1.82) is 0 Å². The molecule has 0 atom stereocenters. The first-order valence-electron chi connectivity index (χ1n) is 5.26. The van der Waals surface area contributed by atoms with Gasteiger partial charge in [0.1, 0.15) is 0 Å². The number of carbonyl (C=O) groups is 1. The van der Waals surface area contributed by atoms with Crippen LogP contribution in [0.3, 0.4) is 0 Å². The van der Waals surface area contributed by atoms with Gasteiger partial charge in [-0.05, 0) is 26.9 Å². The largest absolute Gasteiger partial charge is 0.353 e. The molecule has 0 unspecified atom stereocenters. The second kappa shape index (κ2) is 8.12. The fourth-order valence-corrected chi connectivity index (χ4v) is 1.80. The zero-order valence-electron chi connectivity index (χ0n) is 9.99. The number of carbonyl (C=O) groups excluding carboxylic acids is 1. The molecule has 16 heavy (non-hydrogen) atoms. The summed E-state index contributed by atoms with van der Waals surface area (Å²) in [6, 6.07) is 0. The molecule has 6 heteroatoms. The van der Waals surface area contributed by atoms with Gasteiger partial charge in [-0.25, -0.2) is 0 Å². The van der Waals surface area contributed by atoms with Gasteiger partial charge in [0.25, 0.3) is 0 Å². The van der Waals surface area contributed by atoms with Crippen LogP contribution in [-0.4, -0.2) is 43.5 Å². The summed E-state index contributed by atoms with van der Waals surface area (Å²) in [6.45, 7) is 1.55. The number of hydrogen-bond donors (Lipinski definition) is 2. The monoisotopic (exact) mass is 271 g/mol. The summed E-state index contributed by atoms with van der Waals surface area (Å²) < 4.78 is 0. The molecule has 0 heterocycles. The lowest BCUT2D eigenvalue weighted by Crippen LogP contribution is -2.52. The third kappa shape index (κ3) is 5.34. The van der Waals surface area contributed by atoms with Crippen LogP contribution < -0.4 is 11.1 Å². The quantitative estimate of drug-likeness (QED) is 0.795. The highest BCUT2D eigenvalue weighted by Gasteiger charge is 2.36. The van der Waals surface area contributed by atoms with Gasteiger partial charge in [-0.1, -0.05) is 12.8 Å². The van der Waals surface area contributed by atoms with Crippen LogP contribution in [0.2, 0.25) is 0 Å². The van der Waals surface area contributed by atoms with Crippen LogP contribution in [-0.2, 0) is 4.79 Å². The number of hydrogen-bond acceptors (Lipinski definition) is 3. The van der Waals surface area contributed by atoms with Crippen LogP contribution in [0, 0.1) is 0 Å². The van der Waals surface area contributed by atoms with Crippen LogP contribution in [0.1, 0.15) is 25.7 Å². The normalized spacial score (nSPS) is 17.5. The highest BCUT2D eigenvalue weighted by Crippen LogP contribution is 2.26. The molecule has 1 aliphatic carbocycles. The van der Waals surface area contributed by atoms with E-state index in [4.69, 9.17) is 5.73 Å². The number of nitrogens with one attached hydrogen (secondary N) is 1. The summed E-state index contributed by atoms with van der Waals surface area (Å²) in [6.07, 6.45) is 3.83. The molecule has 0 aromatic carbocycles. The van der Waals surface area contributed by atoms with E-state index in [2.05, 4.69) is 5.32 Å². The van der Waals surface area contributed by atoms with Gasteiger partial charge in [-0.15, -0.1) is 24.8 Å². The van der Waals surface area contributed by atoms with Crippen LogP contribution >= 0.6 is 24.8 Å². The number of rotatable bonds is 4. The molecule has 1 rings (SSSR count). The molecule has 98 valence electrons. The summed E-state index contributed by atoms with van der Waals surface area (Å²) in [7, 11) is 3.97. The molecule has 0 bridgehead atoms. The Hall–Kier alpha value is -0.0300. The van der Waals surface area contributed by atoms with Crippen LogP contribution in [0.4, 0.5) is 0 Å². The minimum atomic E-state index is -0.577. The Kier molecular flexibility index (Phi) is 9.30. The first-order chi connectivity index (χ1) is 6.54. The van der Waals surface area contributed by atoms with Gasteiger partial charge in [-0.3, -0.25) is 4.79 Å². The Bertz CT molecular complexity index is 206. The zero-order valence-corrected chi connectivity index (χ0v) is 11.6. The van der Waals surface area contributed by atoms with Gasteiger partial charge in [0.15, 0.2) is 0 Å². The van der Waals surface area contributed by atoms with Gasteiger partial charge in [0.2, 0.25) is 5.91 Å². The number of amides is 1. The summed E-state index contributed by atoms with van der Waals surface area (Å²) in [5.41, 5.74) is 5.42. The van der Waals surface area contributed by atoms with E-state index in [0.29, 0.717) is 6.54 Å². The maximum absolute atomic E-state index is 11.7. The number of halogens is 2. The zero-order chi connectivity index (χ0) is 10.6. The molecule has 1 amide bonds. The molecule has 3 N–H and O–H groups in total. The van der Waals surface area contributed by atoms with E-state index < -0.39 is 5.54 Å². The maximum atomic E-state index is 11.7. The van der Waals surface area contributed by atoms with Crippen molar-refractivity contribution < 1.29 is 4.79 Å². The Morgan fingerprint density at radius 3 is 2.25 bits per heavy atom. The van der Waals surface area contributed by atoms with Crippen molar-refractivity contribution in [1.82, 2.24) is 10.2 Å². The van der Waals surface area contributed by atoms with E-state index in [1.54, 1.807) is 0 Å². The molecule has 0 aliphatic heterocycles. The van der Waals surface area contributed by atoms with Gasteiger partial charge in [0, 0.05) is 13.1 Å². The van der Waals surface area contributed by atoms with Crippen LogP contribution in [0.25, 0.3) is 0 Å². The predicted octanol–water partition coefficient (Wildman–Crippen LogP) is 0.779. The van der Waals surface area contributed by atoms with E-state index in [0.717, 1.165) is 32.2 Å². The number of nitrogens with zero attached hydrogens (tertiary/aromatic N) is 1. The topological polar surface area (TPSA) is 58.4 Å². The number of likely N-dealkylation sites (N-methyl/N-ethyl adjacent to an activating group) is 1. The van der Waals surface area contributed by atoms with Crippen molar-refractivity contribution in [3.8, 4) is 0 Å². The van der Waals surface area contributed by atoms with Crippen molar-refractivity contribution in [2.75, 3.05) is 27.2 Å². The molecule has 1 aliphatic rings. The van der Waals surface area contributed by atoms with Gasteiger partial charge in [-0.2, -0.15) is 0 Å². The van der Waals surface area contributed by atoms with Crippen molar-refractivity contribution in [2.24, 2.45) is 5.73 Å². The first kappa shape index (κ1) is 18.3. The Balaban J connectivity index is 0. The second-order valence-electron chi connectivity index (χ2n) is 4.42. The Morgan fingerprint density at radius 2 is 1.81 bits per heavy atom. The standard InChI is InChI=1S/C10H21N3O.2ClH/c1-13(2)8-7-12-9(14)10(11)5-3-4-6-10;;/h3-8,11H2,1-2H3,(H,12,14);2*1H. The average molecular weight is 272 g/mol. The van der Waals surface area contributed by atoms with E-state index in [1.807, 2.05) is 19.0 Å². The van der Waals surface area contributed by atoms with E-state index in [9.17, 15) is 4.79 Å². The van der Waals surface area contributed by atoms with Crippen LogP contribution in [0.5, 0.6) is 0 Å². The smallest absolute Gasteiger partial charge is 0.240 e. The fourth-order valence-electron chi connectivity index (χ4n) is 1.80. The minimum absolute atomic E-state index is 0. The summed E-state index contributed by atoms with van der Waals surface area (Å²) in [4.78, 5) is 13.7. The molecule has 0 spiro atoms. The van der Waals surface area contributed by atoms with Gasteiger partial charge < -0.3 is 16.0 Å². The molecule has 0 radical (unpaired) electrons. The molecular formula is C10H23Cl2N3O. The molecule has 0 saturated heterocycles. The molecule has 0 aromatic heterocycles. The lowest BCUT2D eigenvalue weighted by atomic mass is 9.98. The minimum Gasteiger partial charge on any atom is -0.353 e. The van der Waals surface area contributed by atoms with Gasteiger partial charge in [0.05, 0.1) is 5.54 Å². The van der Waals surface area contributed by atoms with Gasteiger partial charge >= 0.3 is 0 Å². The first-order valence-corrected chi connectivity index (χ1v) is 5.26. The molecular weight excluding hydrogens is 249 g/mol. The third-order valence-corrected chi connectivity index (χ3v) is 2.79. The lowest BCUT2D eigenvalue weighted by Gasteiger charge is -2.22. The second-order valence-corrected chi connectivity index (χ2v) is 4.42. The molecule has 0 aromatic rings. The van der Waals surface area contributed by atoms with Crippen molar-refractivity contribution in [3.05, 3.63) is 0 Å². The van der Waals surface area contributed by atoms with Crippen molar-refractivity contribution in [2.45, 2.75) is 31.2 Å². The summed E-state index contributed by atoms with van der Waals surface area (Å²) in [5.74, 6) is 0.0249. The van der Waals surface area contributed by atoms with E-state index >= 15 is 0 Å². The maximum Gasteiger partial charge on any atom is 0.240 e. The third-order valence-electron chi connectivity index (χ3n) is 2.79. The van der Waals surface area contributed by atoms with Crippen molar-refractivity contribution >= 4 is 30.7 Å². The van der Waals surface area contributed by atoms with E-state index in [-0.39, 0.29) is 30.7 Å². The highest BCUT2D eigenvalue weighted by atomic mass is 35.5. The van der Waals surface area contributed by atoms with E-state index in [1.165, 1.54) is 0 Å². The number of nitrogens with two attached hydrogens (primary N) is 1. The van der Waals surface area contributed by atoms with Crippen molar-refractivity contribution in [3.63, 3.8) is 0 Å². The highest BCUT2D eigenvalue weighted by molar-refractivity contribution is 5.86. The fraction of sp³-hybridized carbons (Fsp3) is 0.900. The lowest BCUT2D eigenvalue weighted by molar-refractivity contribution is -0.126. The van der Waals surface area contributed by atoms with Crippen LogP contribution in [0.15, 0.2) is 0 Å². The summed E-state index contributed by atoms with van der Waals surface area (Å²) >= 11 is 0. The predicted molar refractivity (Wildman–Crippen MR) is 71.4 cm³/mol. The molecule has 4 nitrogen and oxygen atoms in total. The molecule has 1 fully saturated rings. The Labute approximate surface area is 110 Å². The summed E-state index contributed by atoms with van der Waals surface area (Å²) in [5, 5.41) is 2.89. The SMILES string of the molecule is CN(C)CCNC(=O)C1(N)CCCC1.Cl.Cl. The average Bonchev–Trinajstić information content (AvgIpc) is 2.52.